The monoisotopic (exact) mass is 148 g/mol. The average Bonchev–Trinajstić information content (AvgIpc) is 1.82. The van der Waals surface area contributed by atoms with Crippen molar-refractivity contribution in [1.29, 1.82) is 0 Å². The summed E-state index contributed by atoms with van der Waals surface area (Å²) in [5, 5.41) is 0.344. The quantitative estimate of drug-likeness (QED) is 0.595. The minimum atomic E-state index is -0.572. The molecular weight excluding hydrogens is 132 g/mol. The summed E-state index contributed by atoms with van der Waals surface area (Å²) in [5.41, 5.74) is 0. The summed E-state index contributed by atoms with van der Waals surface area (Å²) in [6.07, 6.45) is 2.25. The molecule has 0 N–H and O–H groups in total. The van der Waals surface area contributed by atoms with Crippen LogP contribution < -0.4 is 0 Å². The Morgan fingerprint density at radius 2 is 2.00 bits per heavy atom. The summed E-state index contributed by atoms with van der Waals surface area (Å²) >= 11 is 0. The highest BCUT2D eigenvalue weighted by atomic mass is 32.2. The molecule has 0 aliphatic heterocycles. The van der Waals surface area contributed by atoms with E-state index in [1.807, 2.05) is 13.8 Å². The molecule has 0 rings (SSSR count). The molecule has 0 heterocycles. The van der Waals surface area contributed by atoms with Gasteiger partial charge in [-0.25, -0.2) is 0 Å². The van der Waals surface area contributed by atoms with Crippen molar-refractivity contribution in [2.45, 2.75) is 38.9 Å². The lowest BCUT2D eigenvalue weighted by atomic mass is 10.4. The molecular formula is C7H16OS. The zero-order chi connectivity index (χ0) is 7.28. The maximum atomic E-state index is 11.0. The zero-order valence-corrected chi connectivity index (χ0v) is 7.33. The minimum absolute atomic E-state index is 0.344. The molecule has 0 fully saturated rings. The first-order valence-electron chi connectivity index (χ1n) is 3.55. The number of hydrogen-bond acceptors (Lipinski definition) is 1. The lowest BCUT2D eigenvalue weighted by Gasteiger charge is -2.02. The molecule has 0 aliphatic carbocycles. The second-order valence-electron chi connectivity index (χ2n) is 2.49. The fraction of sp³-hybridized carbons (Fsp3) is 1.00. The Hall–Kier alpha value is 0.150. The van der Waals surface area contributed by atoms with Crippen molar-refractivity contribution >= 4 is 10.8 Å². The number of hydrogen-bond donors (Lipinski definition) is 0. The summed E-state index contributed by atoms with van der Waals surface area (Å²) in [6, 6.07) is 0. The van der Waals surface area contributed by atoms with E-state index in [0.29, 0.717) is 5.25 Å². The summed E-state index contributed by atoms with van der Waals surface area (Å²) in [5.74, 6) is 0.883. The Morgan fingerprint density at radius 3 is 2.33 bits per heavy atom. The first-order valence-corrected chi connectivity index (χ1v) is 4.93. The van der Waals surface area contributed by atoms with Gasteiger partial charge in [-0.05, 0) is 6.42 Å². The van der Waals surface area contributed by atoms with E-state index < -0.39 is 10.8 Å². The van der Waals surface area contributed by atoms with Crippen molar-refractivity contribution in [3.05, 3.63) is 0 Å². The van der Waals surface area contributed by atoms with E-state index in [1.54, 1.807) is 0 Å². The Kier molecular flexibility index (Phi) is 5.06. The summed E-state index contributed by atoms with van der Waals surface area (Å²) < 4.78 is 11.0. The second-order valence-corrected chi connectivity index (χ2v) is 4.60. The molecule has 56 valence electrons. The lowest BCUT2D eigenvalue weighted by Crippen LogP contribution is -2.08. The topological polar surface area (TPSA) is 17.1 Å². The largest absolute Gasteiger partial charge is 0.259 e. The third-order valence-corrected chi connectivity index (χ3v) is 2.97. The van der Waals surface area contributed by atoms with Gasteiger partial charge in [0, 0.05) is 21.8 Å². The maximum absolute atomic E-state index is 11.0. The molecule has 0 spiro atoms. The molecule has 0 saturated carbocycles. The van der Waals surface area contributed by atoms with E-state index in [0.717, 1.165) is 18.6 Å². The Balaban J connectivity index is 3.28. The van der Waals surface area contributed by atoms with Crippen molar-refractivity contribution in [3.8, 4) is 0 Å². The van der Waals surface area contributed by atoms with Gasteiger partial charge in [0.25, 0.3) is 0 Å². The number of unbranched alkanes of at least 4 members (excludes halogenated alkanes) is 1. The van der Waals surface area contributed by atoms with Gasteiger partial charge < -0.3 is 0 Å². The summed E-state index contributed by atoms with van der Waals surface area (Å²) in [6.45, 7) is 6.13. The van der Waals surface area contributed by atoms with Crippen LogP contribution in [-0.4, -0.2) is 15.2 Å². The van der Waals surface area contributed by atoms with E-state index in [2.05, 4.69) is 6.92 Å². The molecule has 0 aliphatic rings. The van der Waals surface area contributed by atoms with Crippen LogP contribution in [0.15, 0.2) is 0 Å². The summed E-state index contributed by atoms with van der Waals surface area (Å²) in [4.78, 5) is 0. The highest BCUT2D eigenvalue weighted by Crippen LogP contribution is 1.97. The van der Waals surface area contributed by atoms with E-state index in [-0.39, 0.29) is 0 Å². The minimum Gasteiger partial charge on any atom is -0.259 e. The van der Waals surface area contributed by atoms with Gasteiger partial charge in [0.1, 0.15) is 0 Å². The summed E-state index contributed by atoms with van der Waals surface area (Å²) in [7, 11) is -0.572. The predicted octanol–water partition coefficient (Wildman–Crippen LogP) is 1.94. The fourth-order valence-electron chi connectivity index (χ4n) is 0.522. The average molecular weight is 148 g/mol. The number of rotatable bonds is 4. The van der Waals surface area contributed by atoms with Crippen LogP contribution in [0.2, 0.25) is 0 Å². The molecule has 1 atom stereocenters. The first kappa shape index (κ1) is 9.15. The van der Waals surface area contributed by atoms with E-state index in [9.17, 15) is 4.21 Å². The van der Waals surface area contributed by atoms with Crippen molar-refractivity contribution in [2.75, 3.05) is 5.75 Å². The normalized spacial score (nSPS) is 14.2. The standard InChI is InChI=1S/C7H16OS/c1-4-5-6-9(8)7(2)3/h7H,4-6H2,1-3H3/t9-/m1/s1. The van der Waals surface area contributed by atoms with E-state index in [1.165, 1.54) is 0 Å². The van der Waals surface area contributed by atoms with Gasteiger partial charge in [-0.2, -0.15) is 0 Å². The third kappa shape index (κ3) is 4.64. The van der Waals surface area contributed by atoms with Crippen LogP contribution in [0.3, 0.4) is 0 Å². The molecule has 0 unspecified atom stereocenters. The van der Waals surface area contributed by atoms with Crippen LogP contribution in [0.4, 0.5) is 0 Å². The van der Waals surface area contributed by atoms with Crippen molar-refractivity contribution in [3.63, 3.8) is 0 Å². The molecule has 0 bridgehead atoms. The van der Waals surface area contributed by atoms with Gasteiger partial charge >= 0.3 is 0 Å². The van der Waals surface area contributed by atoms with Crippen LogP contribution in [0, 0.1) is 0 Å². The SMILES string of the molecule is CCCC[S@@](=O)C(C)C. The molecule has 0 aromatic carbocycles. The second kappa shape index (κ2) is 4.98. The molecule has 2 heteroatoms. The van der Waals surface area contributed by atoms with Gasteiger partial charge in [-0.1, -0.05) is 27.2 Å². The van der Waals surface area contributed by atoms with Crippen LogP contribution in [0.5, 0.6) is 0 Å². The molecule has 0 amide bonds. The van der Waals surface area contributed by atoms with E-state index >= 15 is 0 Å². The van der Waals surface area contributed by atoms with Gasteiger partial charge in [0.05, 0.1) is 0 Å². The highest BCUT2D eigenvalue weighted by molar-refractivity contribution is 7.85. The van der Waals surface area contributed by atoms with Crippen molar-refractivity contribution < 1.29 is 4.21 Å². The van der Waals surface area contributed by atoms with E-state index in [4.69, 9.17) is 0 Å². The predicted molar refractivity (Wildman–Crippen MR) is 43.1 cm³/mol. The highest BCUT2D eigenvalue weighted by Gasteiger charge is 2.02. The van der Waals surface area contributed by atoms with Crippen molar-refractivity contribution in [1.82, 2.24) is 0 Å². The van der Waals surface area contributed by atoms with Crippen LogP contribution in [-0.2, 0) is 10.8 Å². The van der Waals surface area contributed by atoms with Crippen molar-refractivity contribution in [2.24, 2.45) is 0 Å². The zero-order valence-electron chi connectivity index (χ0n) is 6.52. The molecule has 0 saturated heterocycles. The van der Waals surface area contributed by atoms with Gasteiger partial charge in [-0.3, -0.25) is 4.21 Å². The molecule has 0 aromatic rings. The van der Waals surface area contributed by atoms with Gasteiger partial charge in [0.15, 0.2) is 0 Å². The Bertz CT molecular complexity index is 88.9. The van der Waals surface area contributed by atoms with Crippen LogP contribution in [0.1, 0.15) is 33.6 Å². The van der Waals surface area contributed by atoms with Gasteiger partial charge in [0.2, 0.25) is 0 Å². The molecule has 0 radical (unpaired) electrons. The Morgan fingerprint density at radius 1 is 1.44 bits per heavy atom. The molecule has 0 aromatic heterocycles. The molecule has 9 heavy (non-hydrogen) atoms. The first-order chi connectivity index (χ1) is 4.18. The molecule has 1 nitrogen and oxygen atoms in total. The fourth-order valence-corrected chi connectivity index (χ4v) is 1.57. The maximum Gasteiger partial charge on any atom is 0.0291 e. The third-order valence-electron chi connectivity index (χ3n) is 1.22. The van der Waals surface area contributed by atoms with Gasteiger partial charge in [-0.15, -0.1) is 0 Å². The lowest BCUT2D eigenvalue weighted by molar-refractivity contribution is 0.673. The van der Waals surface area contributed by atoms with Crippen LogP contribution in [0.25, 0.3) is 0 Å². The van der Waals surface area contributed by atoms with Crippen LogP contribution >= 0.6 is 0 Å². The Labute approximate surface area is 60.3 Å². The smallest absolute Gasteiger partial charge is 0.0291 e.